The number of esters is 1. The van der Waals surface area contributed by atoms with Gasteiger partial charge in [-0.2, -0.15) is 4.39 Å². The van der Waals surface area contributed by atoms with E-state index in [1.165, 1.54) is 25.7 Å². The maximum Gasteiger partial charge on any atom is 0.314 e. The van der Waals surface area contributed by atoms with Crippen LogP contribution in [0.5, 0.6) is 5.75 Å². The second-order valence-corrected chi connectivity index (χ2v) is 6.54. The van der Waals surface area contributed by atoms with Crippen LogP contribution in [0.1, 0.15) is 58.3 Å². The lowest BCUT2D eigenvalue weighted by Crippen LogP contribution is -2.26. The molecule has 0 N–H and O–H groups in total. The van der Waals surface area contributed by atoms with Crippen LogP contribution in [0.25, 0.3) is 0 Å². The van der Waals surface area contributed by atoms with E-state index in [-0.39, 0.29) is 16.8 Å². The molecule has 6 heteroatoms. The molecule has 1 aliphatic rings. The van der Waals surface area contributed by atoms with Gasteiger partial charge in [0.25, 0.3) is 5.95 Å². The summed E-state index contributed by atoms with van der Waals surface area (Å²) in [5.41, 5.74) is 0. The number of carbonyl (C=O) groups is 1. The number of pyridine rings is 1. The van der Waals surface area contributed by atoms with Gasteiger partial charge in [0.15, 0.2) is 16.7 Å². The Morgan fingerprint density at radius 1 is 1.30 bits per heavy atom. The molecule has 128 valence electrons. The third kappa shape index (κ3) is 5.13. The van der Waals surface area contributed by atoms with Crippen molar-refractivity contribution >= 4 is 17.6 Å². The van der Waals surface area contributed by atoms with E-state index >= 15 is 0 Å². The molecule has 23 heavy (non-hydrogen) atoms. The lowest BCUT2D eigenvalue weighted by molar-refractivity contribution is -0.140. The minimum Gasteiger partial charge on any atom is -0.423 e. The van der Waals surface area contributed by atoms with E-state index in [9.17, 15) is 13.6 Å². The zero-order valence-corrected chi connectivity index (χ0v) is 14.0. The highest BCUT2D eigenvalue weighted by Crippen LogP contribution is 2.33. The molecule has 1 saturated carbocycles. The SMILES string of the molecule is CCCCC[C@H]1CC[C@H](C(=O)Oc2cc(F)c(F)nc2Cl)CC1. The van der Waals surface area contributed by atoms with Crippen molar-refractivity contribution in [1.82, 2.24) is 4.98 Å². The largest absolute Gasteiger partial charge is 0.423 e. The van der Waals surface area contributed by atoms with Crippen LogP contribution >= 0.6 is 11.6 Å². The third-order valence-electron chi connectivity index (χ3n) is 4.46. The highest BCUT2D eigenvalue weighted by atomic mass is 35.5. The Morgan fingerprint density at radius 3 is 2.65 bits per heavy atom. The van der Waals surface area contributed by atoms with Crippen LogP contribution in [0.4, 0.5) is 8.78 Å². The Hall–Kier alpha value is -1.23. The highest BCUT2D eigenvalue weighted by molar-refractivity contribution is 6.30. The first kappa shape index (κ1) is 18.1. The van der Waals surface area contributed by atoms with Gasteiger partial charge in [0.05, 0.1) is 5.92 Å². The van der Waals surface area contributed by atoms with E-state index in [0.29, 0.717) is 5.92 Å². The summed E-state index contributed by atoms with van der Waals surface area (Å²) in [4.78, 5) is 15.3. The molecule has 0 unspecified atom stereocenters. The summed E-state index contributed by atoms with van der Waals surface area (Å²) in [7, 11) is 0. The predicted molar refractivity (Wildman–Crippen MR) is 84.4 cm³/mol. The van der Waals surface area contributed by atoms with Crippen molar-refractivity contribution in [2.45, 2.75) is 58.3 Å². The topological polar surface area (TPSA) is 39.2 Å². The fourth-order valence-corrected chi connectivity index (χ4v) is 3.23. The number of rotatable bonds is 6. The Labute approximate surface area is 140 Å². The van der Waals surface area contributed by atoms with Gasteiger partial charge in [0.1, 0.15) is 0 Å². The molecule has 0 aromatic carbocycles. The summed E-state index contributed by atoms with van der Waals surface area (Å²) in [6, 6.07) is 0.763. The summed E-state index contributed by atoms with van der Waals surface area (Å²) < 4.78 is 31.2. The average Bonchev–Trinajstić information content (AvgIpc) is 2.53. The molecule has 1 heterocycles. The first-order valence-electron chi connectivity index (χ1n) is 8.24. The summed E-state index contributed by atoms with van der Waals surface area (Å²) in [5, 5.41) is -0.342. The second-order valence-electron chi connectivity index (χ2n) is 6.18. The monoisotopic (exact) mass is 345 g/mol. The standard InChI is InChI=1S/C17H22ClF2NO2/c1-2-3-4-5-11-6-8-12(9-7-11)17(22)23-14-10-13(19)16(20)21-15(14)18/h10-12H,2-9H2,1H3/t11-,12-. The molecule has 0 amide bonds. The number of hydrogen-bond acceptors (Lipinski definition) is 3. The van der Waals surface area contributed by atoms with Gasteiger partial charge in [-0.3, -0.25) is 4.79 Å². The van der Waals surface area contributed by atoms with Crippen LogP contribution < -0.4 is 4.74 Å². The second kappa shape index (κ2) is 8.57. The number of halogens is 3. The van der Waals surface area contributed by atoms with Crippen LogP contribution in [0.3, 0.4) is 0 Å². The van der Waals surface area contributed by atoms with Crippen LogP contribution in [-0.4, -0.2) is 11.0 Å². The number of nitrogens with zero attached hydrogens (tertiary/aromatic N) is 1. The normalized spacial score (nSPS) is 21.2. The number of ether oxygens (including phenoxy) is 1. The average molecular weight is 346 g/mol. The Balaban J connectivity index is 1.85. The third-order valence-corrected chi connectivity index (χ3v) is 4.73. The lowest BCUT2D eigenvalue weighted by Gasteiger charge is -2.27. The Morgan fingerprint density at radius 2 is 2.00 bits per heavy atom. The van der Waals surface area contributed by atoms with Gasteiger partial charge >= 0.3 is 5.97 Å². The van der Waals surface area contributed by atoms with Crippen molar-refractivity contribution in [2.24, 2.45) is 11.8 Å². The zero-order valence-electron chi connectivity index (χ0n) is 13.3. The van der Waals surface area contributed by atoms with E-state index in [0.717, 1.165) is 31.7 Å². The summed E-state index contributed by atoms with van der Waals surface area (Å²) in [5.74, 6) is -2.67. The molecule has 0 radical (unpaired) electrons. The Kier molecular flexibility index (Phi) is 6.75. The fraction of sp³-hybridized carbons (Fsp3) is 0.647. The number of unbranched alkanes of at least 4 members (excludes halogenated alkanes) is 2. The van der Waals surface area contributed by atoms with Gasteiger partial charge in [-0.15, -0.1) is 0 Å². The minimum absolute atomic E-state index is 0.207. The van der Waals surface area contributed by atoms with Crippen LogP contribution in [0.2, 0.25) is 5.15 Å². The van der Waals surface area contributed by atoms with E-state index in [1.807, 2.05) is 0 Å². The molecule has 0 atom stereocenters. The molecule has 1 aromatic rings. The van der Waals surface area contributed by atoms with Crippen molar-refractivity contribution in [3.8, 4) is 5.75 Å². The van der Waals surface area contributed by atoms with Crippen LogP contribution in [-0.2, 0) is 4.79 Å². The smallest absolute Gasteiger partial charge is 0.314 e. The van der Waals surface area contributed by atoms with Gasteiger partial charge in [0, 0.05) is 6.07 Å². The van der Waals surface area contributed by atoms with E-state index in [1.54, 1.807) is 0 Å². The first-order chi connectivity index (χ1) is 11.0. The molecular weight excluding hydrogens is 324 g/mol. The van der Waals surface area contributed by atoms with Crippen molar-refractivity contribution < 1.29 is 18.3 Å². The minimum atomic E-state index is -1.30. The maximum absolute atomic E-state index is 13.2. The highest BCUT2D eigenvalue weighted by Gasteiger charge is 2.28. The molecule has 1 fully saturated rings. The van der Waals surface area contributed by atoms with Crippen LogP contribution in [0, 0.1) is 23.6 Å². The molecule has 2 rings (SSSR count). The van der Waals surface area contributed by atoms with Crippen molar-refractivity contribution in [1.29, 1.82) is 0 Å². The van der Waals surface area contributed by atoms with Crippen LogP contribution in [0.15, 0.2) is 6.07 Å². The lowest BCUT2D eigenvalue weighted by atomic mass is 9.80. The first-order valence-corrected chi connectivity index (χ1v) is 8.62. The maximum atomic E-state index is 13.2. The van der Waals surface area contributed by atoms with Gasteiger partial charge in [0.2, 0.25) is 0 Å². The van der Waals surface area contributed by atoms with E-state index in [4.69, 9.17) is 16.3 Å². The summed E-state index contributed by atoms with van der Waals surface area (Å²) in [6.07, 6.45) is 8.48. The predicted octanol–water partition coefficient (Wildman–Crippen LogP) is 5.31. The number of hydrogen-bond donors (Lipinski definition) is 0. The zero-order chi connectivity index (χ0) is 16.8. The van der Waals surface area contributed by atoms with E-state index in [2.05, 4.69) is 11.9 Å². The molecule has 0 spiro atoms. The van der Waals surface area contributed by atoms with Gasteiger partial charge in [-0.05, 0) is 31.6 Å². The summed E-state index contributed by atoms with van der Waals surface area (Å²) >= 11 is 5.68. The fourth-order valence-electron chi connectivity index (χ4n) is 3.06. The summed E-state index contributed by atoms with van der Waals surface area (Å²) in [6.45, 7) is 2.19. The molecule has 1 aromatic heterocycles. The molecule has 0 aliphatic heterocycles. The molecule has 0 saturated heterocycles. The molecule has 3 nitrogen and oxygen atoms in total. The van der Waals surface area contributed by atoms with Crippen molar-refractivity contribution in [2.75, 3.05) is 0 Å². The van der Waals surface area contributed by atoms with E-state index < -0.39 is 17.7 Å². The quantitative estimate of drug-likeness (QED) is 0.398. The molecule has 1 aliphatic carbocycles. The van der Waals surface area contributed by atoms with Gasteiger partial charge in [-0.1, -0.05) is 44.2 Å². The van der Waals surface area contributed by atoms with Crippen molar-refractivity contribution in [3.63, 3.8) is 0 Å². The number of carbonyl (C=O) groups excluding carboxylic acids is 1. The molecular formula is C17H22ClF2NO2. The van der Waals surface area contributed by atoms with Gasteiger partial charge in [-0.25, -0.2) is 9.37 Å². The molecule has 0 bridgehead atoms. The van der Waals surface area contributed by atoms with Gasteiger partial charge < -0.3 is 4.74 Å². The number of aromatic nitrogens is 1. The van der Waals surface area contributed by atoms with Crippen molar-refractivity contribution in [3.05, 3.63) is 23.0 Å². The Bertz CT molecular complexity index is 546.